The maximum Gasteiger partial charge on any atom is 0.293 e. The predicted octanol–water partition coefficient (Wildman–Crippen LogP) is 0.709. The average molecular weight is 127 g/mol. The summed E-state index contributed by atoms with van der Waals surface area (Å²) in [6.45, 7) is 2.46. The highest BCUT2D eigenvalue weighted by atomic mass is 16.5. The van der Waals surface area contributed by atoms with Crippen LogP contribution in [0, 0.1) is 17.2 Å². The zero-order chi connectivity index (χ0) is 7.11. The van der Waals surface area contributed by atoms with Crippen LogP contribution in [0.1, 0.15) is 13.3 Å². The van der Waals surface area contributed by atoms with E-state index < -0.39 is 0 Å². The van der Waals surface area contributed by atoms with E-state index in [1.165, 1.54) is 0 Å². The zero-order valence-corrected chi connectivity index (χ0v) is 5.33. The molecule has 0 aromatic heterocycles. The van der Waals surface area contributed by atoms with Crippen molar-refractivity contribution in [2.24, 2.45) is 5.92 Å². The van der Waals surface area contributed by atoms with Gasteiger partial charge in [-0.1, -0.05) is 6.92 Å². The van der Waals surface area contributed by atoms with Gasteiger partial charge in [-0.05, 0) is 6.42 Å². The predicted molar refractivity (Wildman–Crippen MR) is 31.4 cm³/mol. The first-order chi connectivity index (χ1) is 4.35. The Hall–Kier alpha value is -1.04. The van der Waals surface area contributed by atoms with Crippen molar-refractivity contribution in [3.63, 3.8) is 0 Å². The lowest BCUT2D eigenvalue weighted by molar-refractivity contribution is -0.129. The Balaban J connectivity index is 3.34. The number of carbonyl (C=O) groups excluding carboxylic acids is 1. The van der Waals surface area contributed by atoms with Gasteiger partial charge in [0.15, 0.2) is 0 Å². The second-order valence-electron chi connectivity index (χ2n) is 1.66. The van der Waals surface area contributed by atoms with Gasteiger partial charge in [0.05, 0.1) is 12.0 Å². The number of rotatable bonds is 4. The summed E-state index contributed by atoms with van der Waals surface area (Å²) >= 11 is 0. The third kappa shape index (κ3) is 3.53. The summed E-state index contributed by atoms with van der Waals surface area (Å²) in [5, 5.41) is 8.31. The topological polar surface area (TPSA) is 50.1 Å². The van der Waals surface area contributed by atoms with Crippen LogP contribution in [0.25, 0.3) is 0 Å². The highest BCUT2D eigenvalue weighted by Gasteiger charge is 2.02. The van der Waals surface area contributed by atoms with Crippen LogP contribution in [0.15, 0.2) is 0 Å². The van der Waals surface area contributed by atoms with Gasteiger partial charge in [0.2, 0.25) is 0 Å². The number of nitriles is 1. The third-order valence-corrected chi connectivity index (χ3v) is 1.04. The number of hydrogen-bond acceptors (Lipinski definition) is 3. The summed E-state index contributed by atoms with van der Waals surface area (Å²) in [6.07, 6.45) is 0.727. The smallest absolute Gasteiger partial charge is 0.293 e. The first kappa shape index (κ1) is 7.96. The van der Waals surface area contributed by atoms with E-state index in [4.69, 9.17) is 5.26 Å². The normalized spacial score (nSPS) is 11.6. The summed E-state index contributed by atoms with van der Waals surface area (Å²) in [7, 11) is 0. The molecule has 0 aliphatic heterocycles. The van der Waals surface area contributed by atoms with Crippen LogP contribution in [0.3, 0.4) is 0 Å². The highest BCUT2D eigenvalue weighted by Crippen LogP contribution is 1.98. The van der Waals surface area contributed by atoms with E-state index in [1.807, 2.05) is 13.0 Å². The van der Waals surface area contributed by atoms with Gasteiger partial charge < -0.3 is 4.74 Å². The molecule has 0 aliphatic carbocycles. The molecule has 3 heteroatoms. The SMILES string of the molecule is CCC(C#N)COC=O. The first-order valence-electron chi connectivity index (χ1n) is 2.80. The van der Waals surface area contributed by atoms with Gasteiger partial charge in [0, 0.05) is 0 Å². The maximum atomic E-state index is 9.61. The van der Waals surface area contributed by atoms with Gasteiger partial charge in [0.25, 0.3) is 6.47 Å². The van der Waals surface area contributed by atoms with Crippen LogP contribution in [0.2, 0.25) is 0 Å². The maximum absolute atomic E-state index is 9.61. The van der Waals surface area contributed by atoms with Crippen molar-refractivity contribution in [3.05, 3.63) is 0 Å². The summed E-state index contributed by atoms with van der Waals surface area (Å²) in [4.78, 5) is 9.61. The van der Waals surface area contributed by atoms with Gasteiger partial charge in [0.1, 0.15) is 6.61 Å². The number of ether oxygens (including phenoxy) is 1. The molecule has 0 amide bonds. The summed E-state index contributed by atoms with van der Waals surface area (Å²) in [6, 6.07) is 2.00. The summed E-state index contributed by atoms with van der Waals surface area (Å²) < 4.78 is 4.37. The molecule has 0 spiro atoms. The number of hydrogen-bond donors (Lipinski definition) is 0. The standard InChI is InChI=1S/C6H9NO2/c1-2-6(3-7)4-9-5-8/h5-6H,2,4H2,1H3. The Morgan fingerprint density at radius 2 is 2.56 bits per heavy atom. The first-order valence-corrected chi connectivity index (χ1v) is 2.80. The Bertz CT molecular complexity index is 117. The van der Waals surface area contributed by atoms with Gasteiger partial charge >= 0.3 is 0 Å². The molecule has 50 valence electrons. The van der Waals surface area contributed by atoms with E-state index in [0.717, 1.165) is 6.42 Å². The van der Waals surface area contributed by atoms with Crippen molar-refractivity contribution >= 4 is 6.47 Å². The highest BCUT2D eigenvalue weighted by molar-refractivity contribution is 5.36. The zero-order valence-electron chi connectivity index (χ0n) is 5.33. The van der Waals surface area contributed by atoms with Crippen molar-refractivity contribution in [2.45, 2.75) is 13.3 Å². The van der Waals surface area contributed by atoms with E-state index in [1.54, 1.807) is 0 Å². The van der Waals surface area contributed by atoms with E-state index in [9.17, 15) is 4.79 Å². The van der Waals surface area contributed by atoms with Crippen LogP contribution >= 0.6 is 0 Å². The average Bonchev–Trinajstić information content (AvgIpc) is 1.91. The molecule has 0 N–H and O–H groups in total. The molecule has 0 saturated heterocycles. The number of carbonyl (C=O) groups is 1. The van der Waals surface area contributed by atoms with E-state index in [0.29, 0.717) is 6.47 Å². The molecule has 0 rings (SSSR count). The Morgan fingerprint density at radius 3 is 2.89 bits per heavy atom. The summed E-state index contributed by atoms with van der Waals surface area (Å²) in [5.74, 6) is -0.143. The molecule has 0 radical (unpaired) electrons. The molecule has 1 unspecified atom stereocenters. The number of nitrogens with zero attached hydrogens (tertiary/aromatic N) is 1. The van der Waals surface area contributed by atoms with Gasteiger partial charge in [-0.15, -0.1) is 0 Å². The molecular formula is C6H9NO2. The van der Waals surface area contributed by atoms with Crippen LogP contribution in [-0.2, 0) is 9.53 Å². The molecule has 0 heterocycles. The Morgan fingerprint density at radius 1 is 1.89 bits per heavy atom. The minimum Gasteiger partial charge on any atom is -0.467 e. The van der Waals surface area contributed by atoms with Crippen LogP contribution in [0.5, 0.6) is 0 Å². The molecular weight excluding hydrogens is 118 g/mol. The lowest BCUT2D eigenvalue weighted by atomic mass is 10.1. The van der Waals surface area contributed by atoms with Crippen LogP contribution in [0.4, 0.5) is 0 Å². The second kappa shape index (κ2) is 5.10. The summed E-state index contributed by atoms with van der Waals surface area (Å²) in [5.41, 5.74) is 0. The van der Waals surface area contributed by atoms with E-state index in [-0.39, 0.29) is 12.5 Å². The molecule has 0 bridgehead atoms. The molecule has 0 aromatic carbocycles. The largest absolute Gasteiger partial charge is 0.467 e. The lowest BCUT2D eigenvalue weighted by Gasteiger charge is -2.00. The fourth-order valence-corrected chi connectivity index (χ4v) is 0.402. The van der Waals surface area contributed by atoms with E-state index >= 15 is 0 Å². The molecule has 0 saturated carbocycles. The lowest BCUT2D eigenvalue weighted by Crippen LogP contribution is -2.04. The van der Waals surface area contributed by atoms with Crippen molar-refractivity contribution in [1.82, 2.24) is 0 Å². The van der Waals surface area contributed by atoms with E-state index in [2.05, 4.69) is 4.74 Å². The fourth-order valence-electron chi connectivity index (χ4n) is 0.402. The van der Waals surface area contributed by atoms with Crippen molar-refractivity contribution < 1.29 is 9.53 Å². The quantitative estimate of drug-likeness (QED) is 0.522. The van der Waals surface area contributed by atoms with Gasteiger partial charge in [-0.25, -0.2) is 0 Å². The molecule has 1 atom stereocenters. The van der Waals surface area contributed by atoms with Gasteiger partial charge in [-0.2, -0.15) is 5.26 Å². The molecule has 3 nitrogen and oxygen atoms in total. The monoisotopic (exact) mass is 127 g/mol. The van der Waals surface area contributed by atoms with Crippen molar-refractivity contribution in [3.8, 4) is 6.07 Å². The third-order valence-electron chi connectivity index (χ3n) is 1.04. The van der Waals surface area contributed by atoms with Crippen LogP contribution in [-0.4, -0.2) is 13.1 Å². The second-order valence-corrected chi connectivity index (χ2v) is 1.66. The minimum absolute atomic E-state index is 0.143. The molecule has 9 heavy (non-hydrogen) atoms. The Kier molecular flexibility index (Phi) is 4.51. The Labute approximate surface area is 54.2 Å². The molecule has 0 aromatic rings. The fraction of sp³-hybridized carbons (Fsp3) is 0.667. The minimum atomic E-state index is -0.143. The molecule has 0 aliphatic rings. The van der Waals surface area contributed by atoms with Crippen molar-refractivity contribution in [1.29, 1.82) is 5.26 Å². The molecule has 0 fully saturated rings. The van der Waals surface area contributed by atoms with Crippen LogP contribution < -0.4 is 0 Å². The van der Waals surface area contributed by atoms with Crippen molar-refractivity contribution in [2.75, 3.05) is 6.61 Å². The van der Waals surface area contributed by atoms with Gasteiger partial charge in [-0.3, -0.25) is 4.79 Å².